The molecule has 220 valence electrons. The molecule has 14 nitrogen and oxygen atoms in total. The van der Waals surface area contributed by atoms with Crippen LogP contribution in [0.4, 0.5) is 14.9 Å². The molecule has 0 fully saturated rings. The molecule has 0 saturated carbocycles. The molecule has 0 saturated heterocycles. The number of halogens is 2. The molecule has 0 bridgehead atoms. The topological polar surface area (TPSA) is 183 Å². The van der Waals surface area contributed by atoms with Crippen molar-refractivity contribution >= 4 is 29.9 Å². The predicted octanol–water partition coefficient (Wildman–Crippen LogP) is 3.68. The van der Waals surface area contributed by atoms with Crippen LogP contribution in [0.2, 0.25) is 5.02 Å². The van der Waals surface area contributed by atoms with Crippen molar-refractivity contribution in [2.75, 3.05) is 18.6 Å². The van der Waals surface area contributed by atoms with E-state index in [1.807, 2.05) is 6.07 Å². The van der Waals surface area contributed by atoms with Gasteiger partial charge in [0, 0.05) is 33.6 Å². The first-order valence-electron chi connectivity index (χ1n) is 12.8. The van der Waals surface area contributed by atoms with Gasteiger partial charge in [0.15, 0.2) is 5.82 Å². The number of ether oxygens (including phenoxy) is 1. The Morgan fingerprint density at radius 3 is 2.70 bits per heavy atom. The van der Waals surface area contributed by atoms with Crippen LogP contribution in [0.5, 0.6) is 0 Å². The minimum absolute atomic E-state index is 0.175. The van der Waals surface area contributed by atoms with E-state index in [4.69, 9.17) is 21.5 Å². The Bertz CT molecular complexity index is 1790. The molecule has 3 aromatic heterocycles. The van der Waals surface area contributed by atoms with Crippen molar-refractivity contribution < 1.29 is 23.8 Å². The molecule has 1 aliphatic heterocycles. The zero-order chi connectivity index (χ0) is 30.3. The zero-order valence-corrected chi connectivity index (χ0v) is 23.0. The van der Waals surface area contributed by atoms with Gasteiger partial charge in [0.25, 0.3) is 12.0 Å². The predicted molar refractivity (Wildman–Crippen MR) is 152 cm³/mol. The molecule has 3 N–H and O–H groups in total. The van der Waals surface area contributed by atoms with Crippen molar-refractivity contribution in [3.8, 4) is 28.2 Å². The highest BCUT2D eigenvalue weighted by atomic mass is 35.5. The number of fused-ring (bicyclic) bond motifs is 1. The van der Waals surface area contributed by atoms with E-state index in [9.17, 15) is 14.0 Å². The number of hydrogen-bond donors (Lipinski definition) is 3. The van der Waals surface area contributed by atoms with Crippen LogP contribution in [-0.2, 0) is 16.0 Å². The number of aromatic nitrogens is 8. The molecule has 16 heteroatoms. The van der Waals surface area contributed by atoms with Gasteiger partial charge in [-0.15, -0.1) is 5.10 Å². The van der Waals surface area contributed by atoms with Crippen LogP contribution in [0, 0.1) is 0 Å². The zero-order valence-electron chi connectivity index (χ0n) is 22.2. The quantitative estimate of drug-likeness (QED) is 0.231. The number of anilines is 1. The molecule has 4 heterocycles. The molecule has 6 rings (SSSR count). The number of nitrogens with one attached hydrogen (secondary N) is 2. The minimum atomic E-state index is -0.747. The van der Waals surface area contributed by atoms with Gasteiger partial charge in [-0.1, -0.05) is 11.6 Å². The molecular weight excluding hydrogens is 585 g/mol. The first-order valence-corrected chi connectivity index (χ1v) is 13.2. The average molecular weight is 608 g/mol. The number of nitrogens with zero attached hydrogens (tertiary/aromatic N) is 7. The molecule has 1 atom stereocenters. The molecule has 0 aliphatic carbocycles. The second-order valence-electron chi connectivity index (χ2n) is 9.09. The Kier molecular flexibility index (Phi) is 8.81. The largest absolute Gasteiger partial charge is 0.483 e. The second kappa shape index (κ2) is 13.0. The maximum atomic E-state index is 13.4. The third-order valence-electron chi connectivity index (χ3n) is 6.52. The number of carboxylic acid groups (broad SMARTS) is 1. The van der Waals surface area contributed by atoms with Gasteiger partial charge in [-0.3, -0.25) is 20.0 Å². The number of pyridine rings is 1. The van der Waals surface area contributed by atoms with Crippen molar-refractivity contribution in [3.63, 3.8) is 0 Å². The fourth-order valence-electron chi connectivity index (χ4n) is 4.76. The molecule has 0 radical (unpaired) electrons. The Hall–Kier alpha value is -5.44. The number of rotatable bonds is 7. The fourth-order valence-corrected chi connectivity index (χ4v) is 4.93. The van der Waals surface area contributed by atoms with E-state index in [1.54, 1.807) is 53.1 Å². The van der Waals surface area contributed by atoms with Gasteiger partial charge >= 0.3 is 6.09 Å². The van der Waals surface area contributed by atoms with Crippen LogP contribution in [0.1, 0.15) is 24.0 Å². The maximum absolute atomic E-state index is 13.4. The van der Waals surface area contributed by atoms with Crippen LogP contribution < -0.4 is 10.9 Å². The third-order valence-corrected chi connectivity index (χ3v) is 6.75. The Labute approximate surface area is 247 Å². The second-order valence-corrected chi connectivity index (χ2v) is 9.53. The number of benzene rings is 2. The van der Waals surface area contributed by atoms with Crippen LogP contribution >= 0.6 is 11.6 Å². The van der Waals surface area contributed by atoms with Gasteiger partial charge in [-0.05, 0) is 77.4 Å². The monoisotopic (exact) mass is 607 g/mol. The van der Waals surface area contributed by atoms with Gasteiger partial charge < -0.3 is 14.4 Å². The lowest BCUT2D eigenvalue weighted by atomic mass is 10.0. The molecule has 1 amide bonds. The van der Waals surface area contributed by atoms with Crippen LogP contribution in [0.3, 0.4) is 0 Å². The maximum Gasteiger partial charge on any atom is 0.411 e. The normalized spacial score (nSPS) is 13.5. The Morgan fingerprint density at radius 2 is 1.98 bits per heavy atom. The fraction of sp³-hybridized carbons (Fsp3) is 0.185. The number of tetrazole rings is 1. The molecule has 5 aromatic rings. The van der Waals surface area contributed by atoms with E-state index in [1.165, 1.54) is 11.0 Å². The van der Waals surface area contributed by atoms with Crippen molar-refractivity contribution in [3.05, 3.63) is 87.8 Å². The highest BCUT2D eigenvalue weighted by molar-refractivity contribution is 6.31. The summed E-state index contributed by atoms with van der Waals surface area (Å²) in [7, 11) is 0. The number of aryl methyl sites for hydroxylation is 1. The van der Waals surface area contributed by atoms with Crippen LogP contribution in [-0.4, -0.2) is 70.9 Å². The van der Waals surface area contributed by atoms with E-state index in [0.29, 0.717) is 52.0 Å². The van der Waals surface area contributed by atoms with E-state index in [2.05, 4.69) is 40.8 Å². The van der Waals surface area contributed by atoms with Gasteiger partial charge in [0.1, 0.15) is 25.4 Å². The summed E-state index contributed by atoms with van der Waals surface area (Å²) in [5.74, 6) is 1.02. The third kappa shape index (κ3) is 6.41. The van der Waals surface area contributed by atoms with Gasteiger partial charge in [-0.2, -0.15) is 9.78 Å². The Balaban J connectivity index is 0.00000118. The molecular formula is C27H23ClFN9O5. The number of carbonyl (C=O) groups excluding carboxylic acids is 1. The van der Waals surface area contributed by atoms with E-state index < -0.39 is 12.8 Å². The van der Waals surface area contributed by atoms with Crippen molar-refractivity contribution in [1.29, 1.82) is 0 Å². The van der Waals surface area contributed by atoms with E-state index >= 15 is 0 Å². The van der Waals surface area contributed by atoms with Crippen molar-refractivity contribution in [1.82, 2.24) is 40.0 Å². The minimum Gasteiger partial charge on any atom is -0.483 e. The lowest BCUT2D eigenvalue weighted by Gasteiger charge is -2.14. The standard InChI is InChI=1S/C26H21ClFN9O3.CH2O2/c27-17-3-7-21(36-14-29-34-35-36)20(13-17)16-11-19-6-8-22(37(19)23(38)12-16)25-31-24(32-33-25)15-1-4-18(5-2-15)30-26(39)40-10-9-28;2-1-3/h1-5,7,11-14,22H,6,8-10H2,(H,30,39)(H,31,32,33);1H,(H,2,3)/t22-;/m0./s1. The number of H-pyrrole nitrogens is 1. The molecule has 2 aromatic carbocycles. The summed E-state index contributed by atoms with van der Waals surface area (Å²) in [5.41, 5.74) is 4.03. The summed E-state index contributed by atoms with van der Waals surface area (Å²) in [6.45, 7) is -1.30. The van der Waals surface area contributed by atoms with Crippen molar-refractivity contribution in [2.45, 2.75) is 18.9 Å². The summed E-state index contributed by atoms with van der Waals surface area (Å²) >= 11 is 6.29. The first-order chi connectivity index (χ1) is 20.9. The average Bonchev–Trinajstić information content (AvgIpc) is 3.78. The van der Waals surface area contributed by atoms with E-state index in [-0.39, 0.29) is 24.7 Å². The van der Waals surface area contributed by atoms with Gasteiger partial charge in [-0.25, -0.2) is 14.2 Å². The Morgan fingerprint density at radius 1 is 1.19 bits per heavy atom. The van der Waals surface area contributed by atoms with E-state index in [0.717, 1.165) is 11.3 Å². The summed E-state index contributed by atoms with van der Waals surface area (Å²) in [6.07, 6.45) is 2.09. The number of aromatic amines is 1. The van der Waals surface area contributed by atoms with Crippen molar-refractivity contribution in [2.24, 2.45) is 0 Å². The van der Waals surface area contributed by atoms with Crippen LogP contribution in [0.15, 0.2) is 65.7 Å². The molecule has 0 spiro atoms. The van der Waals surface area contributed by atoms with Gasteiger partial charge in [0.05, 0.1) is 11.7 Å². The lowest BCUT2D eigenvalue weighted by molar-refractivity contribution is -0.122. The smallest absolute Gasteiger partial charge is 0.411 e. The first kappa shape index (κ1) is 29.1. The summed E-state index contributed by atoms with van der Waals surface area (Å²) in [5, 5.41) is 28.6. The number of alkyl halides is 1. The SMILES string of the molecule is O=C(Nc1ccc(-c2n[nH]c([C@@H]3CCc4cc(-c5cc(Cl)ccc5-n5cnnn5)cc(=O)n43)n2)cc1)OCCF.O=CO. The number of carbonyl (C=O) groups is 2. The van der Waals surface area contributed by atoms with Crippen LogP contribution in [0.25, 0.3) is 28.2 Å². The summed E-state index contributed by atoms with van der Waals surface area (Å²) < 4.78 is 20.1. The molecule has 0 unspecified atom stereocenters. The summed E-state index contributed by atoms with van der Waals surface area (Å²) in [6, 6.07) is 15.4. The lowest BCUT2D eigenvalue weighted by Crippen LogP contribution is -2.24. The molecule has 43 heavy (non-hydrogen) atoms. The number of hydrogen-bond acceptors (Lipinski definition) is 9. The highest BCUT2D eigenvalue weighted by Gasteiger charge is 2.28. The van der Waals surface area contributed by atoms with Gasteiger partial charge in [0.2, 0.25) is 0 Å². The summed E-state index contributed by atoms with van der Waals surface area (Å²) in [4.78, 5) is 38.0. The highest BCUT2D eigenvalue weighted by Crippen LogP contribution is 2.34. The molecule has 1 aliphatic rings. The number of amides is 1.